The smallest absolute Gasteiger partial charge is 0.200 e. The Morgan fingerprint density at radius 3 is 1.86 bits per heavy atom. The molecule has 0 spiro atoms. The van der Waals surface area contributed by atoms with E-state index in [4.69, 9.17) is 0 Å². The van der Waals surface area contributed by atoms with Crippen LogP contribution in [0.1, 0.15) is 85.5 Å². The number of unbranched alkanes of at least 4 members (excludes halogenated alkanes) is 3. The van der Waals surface area contributed by atoms with Crippen molar-refractivity contribution in [2.45, 2.75) is 85.5 Å². The van der Waals surface area contributed by atoms with Crippen LogP contribution < -0.4 is 5.32 Å². The van der Waals surface area contributed by atoms with Gasteiger partial charge in [-0.2, -0.15) is 0 Å². The summed E-state index contributed by atoms with van der Waals surface area (Å²) in [5, 5.41) is 3.62. The van der Waals surface area contributed by atoms with Gasteiger partial charge in [0, 0.05) is 5.56 Å². The molecule has 2 unspecified atom stereocenters. The number of halogens is 6. The molecule has 0 saturated heterocycles. The van der Waals surface area contributed by atoms with Crippen molar-refractivity contribution in [1.29, 1.82) is 0 Å². The van der Waals surface area contributed by atoms with Gasteiger partial charge < -0.3 is 5.32 Å². The fourth-order valence-corrected chi connectivity index (χ4v) is 4.11. The fourth-order valence-electron chi connectivity index (χ4n) is 4.11. The Kier molecular flexibility index (Phi) is 15.5. The van der Waals surface area contributed by atoms with Crippen molar-refractivity contribution in [3.05, 3.63) is 59.2 Å². The second kappa shape index (κ2) is 17.4. The standard InChI is InChI=1S/C17H37N.C12H4F6/c1-5-8-9-10-14-18-15-16(4)12-13-17(7-3)11-6-2;13-6-4-2-1-3-5(6)7-8(14)10(16)12(18)11(17)9(7)15/h16-18H,5-15H2,1-4H3;1-4H. The molecule has 2 aromatic carbocycles. The second-order valence-electron chi connectivity index (χ2n) is 9.44. The maximum Gasteiger partial charge on any atom is 0.200 e. The Balaban J connectivity index is 0.000000360. The Morgan fingerprint density at radius 2 is 1.31 bits per heavy atom. The van der Waals surface area contributed by atoms with Crippen molar-refractivity contribution in [2.75, 3.05) is 13.1 Å². The van der Waals surface area contributed by atoms with Gasteiger partial charge in [-0.1, -0.05) is 90.8 Å². The predicted octanol–water partition coefficient (Wildman–Crippen LogP) is 9.59. The van der Waals surface area contributed by atoms with Crippen molar-refractivity contribution in [1.82, 2.24) is 5.32 Å². The van der Waals surface area contributed by atoms with Crippen molar-refractivity contribution in [3.8, 4) is 11.1 Å². The summed E-state index contributed by atoms with van der Waals surface area (Å²) >= 11 is 0. The van der Waals surface area contributed by atoms with Crippen LogP contribution in [0.2, 0.25) is 0 Å². The number of nitrogens with one attached hydrogen (secondary N) is 1. The van der Waals surface area contributed by atoms with Gasteiger partial charge in [-0.05, 0) is 43.8 Å². The molecule has 1 N–H and O–H groups in total. The van der Waals surface area contributed by atoms with E-state index in [9.17, 15) is 26.3 Å². The normalized spacial score (nSPS) is 12.7. The Bertz CT molecular complexity index is 873. The van der Waals surface area contributed by atoms with Gasteiger partial charge in [-0.3, -0.25) is 0 Å². The molecule has 0 fully saturated rings. The van der Waals surface area contributed by atoms with Gasteiger partial charge in [0.05, 0.1) is 5.56 Å². The van der Waals surface area contributed by atoms with Crippen molar-refractivity contribution in [2.24, 2.45) is 11.8 Å². The first kappa shape index (κ1) is 32.0. The van der Waals surface area contributed by atoms with Gasteiger partial charge in [0.1, 0.15) is 5.82 Å². The third-order valence-corrected chi connectivity index (χ3v) is 6.39. The molecule has 2 rings (SSSR count). The molecule has 0 saturated carbocycles. The Labute approximate surface area is 212 Å². The highest BCUT2D eigenvalue weighted by atomic mass is 19.2. The SMILES string of the molecule is CCCCCCNCC(C)CCC(CC)CCC.Fc1ccccc1-c1c(F)c(F)c(F)c(F)c1F. The summed E-state index contributed by atoms with van der Waals surface area (Å²) in [5.74, 6) is -9.86. The van der Waals surface area contributed by atoms with Crippen LogP contribution in [0.15, 0.2) is 24.3 Å². The first-order chi connectivity index (χ1) is 17.2. The lowest BCUT2D eigenvalue weighted by Crippen LogP contribution is -2.22. The maximum absolute atomic E-state index is 13.4. The molecule has 36 heavy (non-hydrogen) atoms. The molecule has 0 aliphatic carbocycles. The van der Waals surface area contributed by atoms with Crippen LogP contribution in [0, 0.1) is 46.7 Å². The number of hydrogen-bond donors (Lipinski definition) is 1. The third-order valence-electron chi connectivity index (χ3n) is 6.39. The second-order valence-corrected chi connectivity index (χ2v) is 9.44. The van der Waals surface area contributed by atoms with Gasteiger partial charge in [0.2, 0.25) is 5.82 Å². The van der Waals surface area contributed by atoms with Gasteiger partial charge >= 0.3 is 0 Å². The topological polar surface area (TPSA) is 12.0 Å². The van der Waals surface area contributed by atoms with Gasteiger partial charge in [-0.15, -0.1) is 0 Å². The molecular weight excluding hydrogens is 476 g/mol. The maximum atomic E-state index is 13.4. The van der Waals surface area contributed by atoms with Crippen molar-refractivity contribution < 1.29 is 26.3 Å². The van der Waals surface area contributed by atoms with Crippen LogP contribution in [0.5, 0.6) is 0 Å². The molecule has 0 aliphatic rings. The van der Waals surface area contributed by atoms with Gasteiger partial charge in [-0.25, -0.2) is 26.3 Å². The number of rotatable bonds is 14. The average molecular weight is 518 g/mol. The molecule has 7 heteroatoms. The predicted molar refractivity (Wildman–Crippen MR) is 136 cm³/mol. The number of benzene rings is 2. The van der Waals surface area contributed by atoms with E-state index in [1.165, 1.54) is 83.0 Å². The lowest BCUT2D eigenvalue weighted by atomic mass is 9.91. The number of hydrogen-bond acceptors (Lipinski definition) is 1. The highest BCUT2D eigenvalue weighted by molar-refractivity contribution is 5.65. The molecule has 0 radical (unpaired) electrons. The first-order valence-electron chi connectivity index (χ1n) is 13.2. The highest BCUT2D eigenvalue weighted by Crippen LogP contribution is 2.32. The Hall–Kier alpha value is -2.02. The van der Waals surface area contributed by atoms with E-state index in [0.717, 1.165) is 24.0 Å². The summed E-state index contributed by atoms with van der Waals surface area (Å²) in [6.07, 6.45) is 12.5. The van der Waals surface area contributed by atoms with Gasteiger partial charge in [0.25, 0.3) is 0 Å². The third kappa shape index (κ3) is 10.2. The summed E-state index contributed by atoms with van der Waals surface area (Å²) < 4.78 is 78.8. The summed E-state index contributed by atoms with van der Waals surface area (Å²) in [5.41, 5.74) is -1.96. The van der Waals surface area contributed by atoms with Crippen LogP contribution >= 0.6 is 0 Å². The monoisotopic (exact) mass is 517 g/mol. The molecule has 1 nitrogen and oxygen atoms in total. The Morgan fingerprint density at radius 1 is 0.694 bits per heavy atom. The summed E-state index contributed by atoms with van der Waals surface area (Å²) in [7, 11) is 0. The lowest BCUT2D eigenvalue weighted by Gasteiger charge is -2.17. The van der Waals surface area contributed by atoms with E-state index in [0.29, 0.717) is 0 Å². The van der Waals surface area contributed by atoms with Crippen molar-refractivity contribution in [3.63, 3.8) is 0 Å². The summed E-state index contributed by atoms with van der Waals surface area (Å²) in [6, 6.07) is 4.22. The first-order valence-corrected chi connectivity index (χ1v) is 13.2. The molecule has 204 valence electrons. The molecule has 0 aliphatic heterocycles. The van der Waals surface area contributed by atoms with E-state index in [1.54, 1.807) is 0 Å². The van der Waals surface area contributed by atoms with Crippen molar-refractivity contribution >= 4 is 0 Å². The van der Waals surface area contributed by atoms with E-state index < -0.39 is 46.0 Å². The lowest BCUT2D eigenvalue weighted by molar-refractivity contribution is 0.367. The molecule has 0 amide bonds. The van der Waals surface area contributed by atoms with E-state index in [2.05, 4.69) is 33.0 Å². The van der Waals surface area contributed by atoms with Crippen LogP contribution in [-0.4, -0.2) is 13.1 Å². The summed E-state index contributed by atoms with van der Waals surface area (Å²) in [4.78, 5) is 0. The zero-order valence-electron chi connectivity index (χ0n) is 22.0. The van der Waals surface area contributed by atoms with Crippen LogP contribution in [0.4, 0.5) is 26.3 Å². The highest BCUT2D eigenvalue weighted by Gasteiger charge is 2.27. The molecule has 2 aromatic rings. The summed E-state index contributed by atoms with van der Waals surface area (Å²) in [6.45, 7) is 11.8. The minimum Gasteiger partial charge on any atom is -0.316 e. The van der Waals surface area contributed by atoms with Gasteiger partial charge in [0.15, 0.2) is 23.3 Å². The zero-order valence-corrected chi connectivity index (χ0v) is 22.0. The molecular formula is C29H41F6N. The largest absolute Gasteiger partial charge is 0.316 e. The van der Waals surface area contributed by atoms with E-state index >= 15 is 0 Å². The fraction of sp³-hybridized carbons (Fsp3) is 0.586. The quantitative estimate of drug-likeness (QED) is 0.114. The van der Waals surface area contributed by atoms with Crippen LogP contribution in [0.25, 0.3) is 11.1 Å². The van der Waals surface area contributed by atoms with E-state index in [1.807, 2.05) is 0 Å². The molecule has 0 heterocycles. The zero-order chi connectivity index (χ0) is 27.1. The van der Waals surface area contributed by atoms with E-state index in [-0.39, 0.29) is 0 Å². The molecule has 0 bridgehead atoms. The molecule has 2 atom stereocenters. The minimum atomic E-state index is -2.27. The molecule has 0 aromatic heterocycles. The van der Waals surface area contributed by atoms with Crippen LogP contribution in [0.3, 0.4) is 0 Å². The van der Waals surface area contributed by atoms with Crippen LogP contribution in [-0.2, 0) is 0 Å². The average Bonchev–Trinajstić information content (AvgIpc) is 2.87. The minimum absolute atomic E-state index is 0.690.